The predicted octanol–water partition coefficient (Wildman–Crippen LogP) is 4.47. The van der Waals surface area contributed by atoms with Crippen LogP contribution in [0.15, 0.2) is 0 Å². The molecule has 27 heavy (non-hydrogen) atoms. The lowest BCUT2D eigenvalue weighted by Gasteiger charge is -2.33. The number of rotatable bonds is 15. The van der Waals surface area contributed by atoms with Crippen molar-refractivity contribution in [3.8, 4) is 0 Å². The largest absolute Gasteiger partial charge is 0.293 e. The van der Waals surface area contributed by atoms with Gasteiger partial charge in [0.05, 0.1) is 13.3 Å². The highest BCUT2D eigenvalue weighted by atomic mass is 15.4. The van der Waals surface area contributed by atoms with Gasteiger partial charge in [0.25, 0.3) is 0 Å². The Morgan fingerprint density at radius 3 is 1.48 bits per heavy atom. The summed E-state index contributed by atoms with van der Waals surface area (Å²) < 4.78 is 0. The number of unbranched alkanes of at least 4 members (excludes halogenated alkanes) is 10. The van der Waals surface area contributed by atoms with Crippen LogP contribution in [0.1, 0.15) is 84.0 Å². The molecule has 160 valence electrons. The van der Waals surface area contributed by atoms with Crippen LogP contribution in [0.25, 0.3) is 0 Å². The molecule has 0 radical (unpaired) electrons. The topological polar surface area (TPSA) is 13.0 Å². The third-order valence-electron chi connectivity index (χ3n) is 6.48. The molecule has 2 heterocycles. The van der Waals surface area contributed by atoms with Crippen LogP contribution >= 0.6 is 0 Å². The highest BCUT2D eigenvalue weighted by Gasteiger charge is 2.17. The SMILES string of the molecule is CCN1CCN(CCCCCCCCCCCCCN2CCCN(C)C2)C1. The molecular formula is C23H48N4. The maximum atomic E-state index is 2.63. The highest BCUT2D eigenvalue weighted by Crippen LogP contribution is 2.13. The van der Waals surface area contributed by atoms with E-state index in [1.165, 1.54) is 136 Å². The predicted molar refractivity (Wildman–Crippen MR) is 118 cm³/mol. The van der Waals surface area contributed by atoms with Gasteiger partial charge in [-0.2, -0.15) is 0 Å². The molecule has 0 unspecified atom stereocenters. The molecule has 0 saturated carbocycles. The van der Waals surface area contributed by atoms with Crippen molar-refractivity contribution in [2.45, 2.75) is 84.0 Å². The van der Waals surface area contributed by atoms with Gasteiger partial charge in [-0.3, -0.25) is 19.6 Å². The van der Waals surface area contributed by atoms with Crippen LogP contribution in [-0.2, 0) is 0 Å². The Morgan fingerprint density at radius 1 is 0.519 bits per heavy atom. The molecule has 0 atom stereocenters. The molecule has 2 fully saturated rings. The Kier molecular flexibility index (Phi) is 12.7. The smallest absolute Gasteiger partial charge is 0.0507 e. The number of hydrogen-bond acceptors (Lipinski definition) is 4. The van der Waals surface area contributed by atoms with Crippen molar-refractivity contribution in [2.75, 3.05) is 66.2 Å². The van der Waals surface area contributed by atoms with Gasteiger partial charge in [0.2, 0.25) is 0 Å². The standard InChI is InChI=1S/C23H48N4/c1-3-25-20-21-27(23-25)18-14-12-10-8-6-4-5-7-9-11-13-17-26-19-15-16-24(2)22-26/h3-23H2,1-2H3. The number of hydrogen-bond donors (Lipinski definition) is 0. The summed E-state index contributed by atoms with van der Waals surface area (Å²) in [5.74, 6) is 0. The van der Waals surface area contributed by atoms with Gasteiger partial charge < -0.3 is 0 Å². The lowest BCUT2D eigenvalue weighted by atomic mass is 10.1. The summed E-state index contributed by atoms with van der Waals surface area (Å²) in [7, 11) is 2.25. The summed E-state index contributed by atoms with van der Waals surface area (Å²) in [6, 6.07) is 0. The minimum Gasteiger partial charge on any atom is -0.293 e. The summed E-state index contributed by atoms with van der Waals surface area (Å²) in [4.78, 5) is 10.3. The van der Waals surface area contributed by atoms with Gasteiger partial charge in [-0.05, 0) is 45.9 Å². The van der Waals surface area contributed by atoms with Crippen LogP contribution in [0.3, 0.4) is 0 Å². The minimum atomic E-state index is 1.19. The average Bonchev–Trinajstić information content (AvgIpc) is 3.13. The molecule has 2 saturated heterocycles. The third kappa shape index (κ3) is 10.8. The van der Waals surface area contributed by atoms with E-state index in [0.717, 1.165) is 0 Å². The molecule has 0 spiro atoms. The average molecular weight is 381 g/mol. The van der Waals surface area contributed by atoms with Crippen molar-refractivity contribution in [1.29, 1.82) is 0 Å². The third-order valence-corrected chi connectivity index (χ3v) is 6.48. The lowest BCUT2D eigenvalue weighted by Crippen LogP contribution is -2.42. The van der Waals surface area contributed by atoms with Crippen molar-refractivity contribution in [2.24, 2.45) is 0 Å². The van der Waals surface area contributed by atoms with Crippen LogP contribution in [0, 0.1) is 0 Å². The molecule has 4 heteroatoms. The van der Waals surface area contributed by atoms with Crippen LogP contribution in [0.5, 0.6) is 0 Å². The van der Waals surface area contributed by atoms with E-state index in [4.69, 9.17) is 0 Å². The second-order valence-corrected chi connectivity index (χ2v) is 9.05. The quantitative estimate of drug-likeness (QED) is 0.389. The van der Waals surface area contributed by atoms with E-state index in [2.05, 4.69) is 33.6 Å². The Morgan fingerprint density at radius 2 is 1.00 bits per heavy atom. The fourth-order valence-electron chi connectivity index (χ4n) is 4.64. The van der Waals surface area contributed by atoms with E-state index < -0.39 is 0 Å². The Bertz CT molecular complexity index is 349. The molecule has 0 bridgehead atoms. The van der Waals surface area contributed by atoms with Crippen LogP contribution in [-0.4, -0.2) is 85.8 Å². The Balaban J connectivity index is 1.26. The molecule has 2 aliphatic heterocycles. The maximum absolute atomic E-state index is 2.63. The van der Waals surface area contributed by atoms with Gasteiger partial charge in [0, 0.05) is 26.2 Å². The van der Waals surface area contributed by atoms with Crippen molar-refractivity contribution in [3.63, 3.8) is 0 Å². The van der Waals surface area contributed by atoms with Crippen molar-refractivity contribution in [1.82, 2.24) is 19.6 Å². The molecular weight excluding hydrogens is 332 g/mol. The first-order valence-electron chi connectivity index (χ1n) is 12.1. The first-order valence-corrected chi connectivity index (χ1v) is 12.1. The second kappa shape index (κ2) is 14.8. The molecule has 0 aliphatic carbocycles. The van der Waals surface area contributed by atoms with Gasteiger partial charge in [0.1, 0.15) is 0 Å². The fraction of sp³-hybridized carbons (Fsp3) is 1.00. The molecule has 0 aromatic carbocycles. The zero-order valence-corrected chi connectivity index (χ0v) is 18.6. The lowest BCUT2D eigenvalue weighted by molar-refractivity contribution is 0.106. The second-order valence-electron chi connectivity index (χ2n) is 9.05. The molecule has 2 aliphatic rings. The van der Waals surface area contributed by atoms with E-state index in [9.17, 15) is 0 Å². The summed E-state index contributed by atoms with van der Waals surface area (Å²) in [6.45, 7) is 13.7. The zero-order chi connectivity index (χ0) is 19.2. The van der Waals surface area contributed by atoms with Crippen molar-refractivity contribution in [3.05, 3.63) is 0 Å². The zero-order valence-electron chi connectivity index (χ0n) is 18.6. The molecule has 2 rings (SSSR count). The monoisotopic (exact) mass is 380 g/mol. The summed E-state index contributed by atoms with van der Waals surface area (Å²) in [6.07, 6.45) is 17.3. The highest BCUT2D eigenvalue weighted by molar-refractivity contribution is 4.69. The van der Waals surface area contributed by atoms with Gasteiger partial charge in [-0.1, -0.05) is 64.7 Å². The fourth-order valence-corrected chi connectivity index (χ4v) is 4.64. The van der Waals surface area contributed by atoms with Crippen LogP contribution in [0.4, 0.5) is 0 Å². The summed E-state index contributed by atoms with van der Waals surface area (Å²) in [5.41, 5.74) is 0. The van der Waals surface area contributed by atoms with E-state index in [1.54, 1.807) is 0 Å². The minimum absolute atomic E-state index is 1.19. The van der Waals surface area contributed by atoms with E-state index >= 15 is 0 Å². The summed E-state index contributed by atoms with van der Waals surface area (Å²) >= 11 is 0. The number of nitrogens with zero attached hydrogens (tertiary/aromatic N) is 4. The Labute approximate surface area is 170 Å². The Hall–Kier alpha value is -0.160. The molecule has 0 N–H and O–H groups in total. The molecule has 0 amide bonds. The van der Waals surface area contributed by atoms with Gasteiger partial charge in [-0.25, -0.2) is 0 Å². The van der Waals surface area contributed by atoms with Crippen LogP contribution < -0.4 is 0 Å². The molecule has 0 aromatic rings. The van der Waals surface area contributed by atoms with E-state index in [0.29, 0.717) is 0 Å². The van der Waals surface area contributed by atoms with Crippen molar-refractivity contribution < 1.29 is 0 Å². The normalized spacial score (nSPS) is 20.7. The van der Waals surface area contributed by atoms with E-state index in [-0.39, 0.29) is 0 Å². The van der Waals surface area contributed by atoms with Gasteiger partial charge in [0.15, 0.2) is 0 Å². The van der Waals surface area contributed by atoms with Crippen LogP contribution in [0.2, 0.25) is 0 Å². The van der Waals surface area contributed by atoms with E-state index in [1.807, 2.05) is 0 Å². The van der Waals surface area contributed by atoms with Gasteiger partial charge >= 0.3 is 0 Å². The van der Waals surface area contributed by atoms with Crippen molar-refractivity contribution >= 4 is 0 Å². The van der Waals surface area contributed by atoms with Gasteiger partial charge in [-0.15, -0.1) is 0 Å². The molecule has 0 aromatic heterocycles. The maximum Gasteiger partial charge on any atom is 0.0507 e. The summed E-state index contributed by atoms with van der Waals surface area (Å²) in [5, 5.41) is 0. The first-order chi connectivity index (χ1) is 13.3. The number of likely N-dealkylation sites (N-methyl/N-ethyl adjacent to an activating group) is 1. The first kappa shape index (κ1) is 23.1. The molecule has 4 nitrogen and oxygen atoms in total.